The lowest BCUT2D eigenvalue weighted by Gasteiger charge is -2.12. The highest BCUT2D eigenvalue weighted by molar-refractivity contribution is 6.30. The molecule has 0 spiro atoms. The van der Waals surface area contributed by atoms with Crippen molar-refractivity contribution in [2.24, 2.45) is 13.0 Å². The number of nitrogens with zero attached hydrogens (tertiary/aromatic N) is 2. The minimum Gasteiger partial charge on any atom is -0.383 e. The maximum Gasteiger partial charge on any atom is 0.130 e. The first kappa shape index (κ1) is 14.5. The van der Waals surface area contributed by atoms with Gasteiger partial charge in [-0.3, -0.25) is 4.68 Å². The lowest BCUT2D eigenvalue weighted by Crippen LogP contribution is -2.25. The van der Waals surface area contributed by atoms with Gasteiger partial charge in [0.15, 0.2) is 0 Å². The number of halogens is 1. The van der Waals surface area contributed by atoms with Crippen LogP contribution >= 0.6 is 11.6 Å². The molecule has 5 heteroatoms. The molecule has 1 N–H and O–H groups in total. The molecule has 98 valence electrons. The third kappa shape index (κ3) is 4.30. The number of aromatic nitrogens is 2. The van der Waals surface area contributed by atoms with Crippen LogP contribution in [0.1, 0.15) is 18.2 Å². The molecule has 0 aliphatic heterocycles. The number of hydrogen-bond acceptors (Lipinski definition) is 3. The number of methoxy groups -OCH3 is 1. The average molecular weight is 260 g/mol. The molecule has 1 atom stereocenters. The summed E-state index contributed by atoms with van der Waals surface area (Å²) >= 11 is 6.20. The highest BCUT2D eigenvalue weighted by Gasteiger charge is 2.14. The summed E-state index contributed by atoms with van der Waals surface area (Å²) in [4.78, 5) is 0. The van der Waals surface area contributed by atoms with Crippen molar-refractivity contribution in [2.75, 3.05) is 26.8 Å². The molecule has 4 nitrogen and oxygen atoms in total. The Bertz CT molecular complexity index is 352. The summed E-state index contributed by atoms with van der Waals surface area (Å²) in [6, 6.07) is 0. The van der Waals surface area contributed by atoms with Crippen molar-refractivity contribution in [3.63, 3.8) is 0 Å². The van der Waals surface area contributed by atoms with E-state index in [1.54, 1.807) is 11.8 Å². The van der Waals surface area contributed by atoms with Crippen LogP contribution in [0.4, 0.5) is 0 Å². The fraction of sp³-hybridized carbons (Fsp3) is 0.750. The third-order valence-electron chi connectivity index (χ3n) is 2.80. The number of hydrogen-bond donors (Lipinski definition) is 1. The minimum atomic E-state index is 0.534. The van der Waals surface area contributed by atoms with Crippen molar-refractivity contribution in [1.82, 2.24) is 15.1 Å². The second kappa shape index (κ2) is 6.99. The molecule has 0 aromatic carbocycles. The SMILES string of the molecule is COCCNCC(C)Cc1c(C)nn(C)c1Cl. The van der Waals surface area contributed by atoms with Gasteiger partial charge in [0.05, 0.1) is 12.3 Å². The Morgan fingerprint density at radius 1 is 1.53 bits per heavy atom. The van der Waals surface area contributed by atoms with E-state index in [2.05, 4.69) is 17.3 Å². The van der Waals surface area contributed by atoms with Gasteiger partial charge in [-0.15, -0.1) is 0 Å². The maximum absolute atomic E-state index is 6.20. The molecular weight excluding hydrogens is 238 g/mol. The summed E-state index contributed by atoms with van der Waals surface area (Å²) < 4.78 is 6.72. The zero-order chi connectivity index (χ0) is 12.8. The molecule has 1 aromatic rings. The van der Waals surface area contributed by atoms with Gasteiger partial charge in [0.2, 0.25) is 0 Å². The molecule has 1 heterocycles. The summed E-state index contributed by atoms with van der Waals surface area (Å²) in [6.07, 6.45) is 0.957. The first-order valence-electron chi connectivity index (χ1n) is 5.93. The molecule has 0 radical (unpaired) electrons. The van der Waals surface area contributed by atoms with Crippen LogP contribution in [-0.4, -0.2) is 36.6 Å². The Morgan fingerprint density at radius 2 is 2.24 bits per heavy atom. The molecule has 0 saturated heterocycles. The smallest absolute Gasteiger partial charge is 0.130 e. The lowest BCUT2D eigenvalue weighted by atomic mass is 10.0. The highest BCUT2D eigenvalue weighted by Crippen LogP contribution is 2.21. The summed E-state index contributed by atoms with van der Waals surface area (Å²) in [7, 11) is 3.59. The number of rotatable bonds is 7. The van der Waals surface area contributed by atoms with Gasteiger partial charge in [-0.2, -0.15) is 5.10 Å². The van der Waals surface area contributed by atoms with Gasteiger partial charge >= 0.3 is 0 Å². The topological polar surface area (TPSA) is 39.1 Å². The zero-order valence-corrected chi connectivity index (χ0v) is 11.8. The first-order valence-corrected chi connectivity index (χ1v) is 6.31. The van der Waals surface area contributed by atoms with Crippen LogP contribution in [-0.2, 0) is 18.2 Å². The quantitative estimate of drug-likeness (QED) is 0.759. The summed E-state index contributed by atoms with van der Waals surface area (Å²) in [5.41, 5.74) is 2.19. The van der Waals surface area contributed by atoms with E-state index < -0.39 is 0 Å². The molecular formula is C12H22ClN3O. The Morgan fingerprint density at radius 3 is 2.76 bits per heavy atom. The standard InChI is InChI=1S/C12H22ClN3O/c1-9(8-14-5-6-17-4)7-11-10(2)15-16(3)12(11)13/h9,14H,5-8H2,1-4H3. The molecule has 0 aliphatic rings. The molecule has 1 rings (SSSR count). The van der Waals surface area contributed by atoms with Crippen LogP contribution in [0, 0.1) is 12.8 Å². The van der Waals surface area contributed by atoms with Gasteiger partial charge in [0.1, 0.15) is 5.15 Å². The molecule has 0 bridgehead atoms. The first-order chi connectivity index (χ1) is 8.06. The normalized spacial score (nSPS) is 13.0. The average Bonchev–Trinajstić information content (AvgIpc) is 2.52. The summed E-state index contributed by atoms with van der Waals surface area (Å²) in [5.74, 6) is 0.534. The van der Waals surface area contributed by atoms with Crippen LogP contribution < -0.4 is 5.32 Å². The van der Waals surface area contributed by atoms with Crippen LogP contribution in [0.3, 0.4) is 0 Å². The van der Waals surface area contributed by atoms with Crippen LogP contribution in [0.25, 0.3) is 0 Å². The predicted octanol–water partition coefficient (Wildman–Crippen LogP) is 1.80. The molecule has 1 aromatic heterocycles. The monoisotopic (exact) mass is 259 g/mol. The van der Waals surface area contributed by atoms with Gasteiger partial charge in [-0.05, 0) is 25.8 Å². The van der Waals surface area contributed by atoms with Crippen molar-refractivity contribution in [3.8, 4) is 0 Å². The highest BCUT2D eigenvalue weighted by atomic mass is 35.5. The Labute approximate surface area is 108 Å². The molecule has 0 saturated carbocycles. The van der Waals surface area contributed by atoms with Gasteiger partial charge in [-0.25, -0.2) is 0 Å². The minimum absolute atomic E-state index is 0.534. The fourth-order valence-corrected chi connectivity index (χ4v) is 2.10. The Balaban J connectivity index is 2.42. The molecule has 1 unspecified atom stereocenters. The molecule has 0 fully saturated rings. The molecule has 0 amide bonds. The van der Waals surface area contributed by atoms with E-state index in [4.69, 9.17) is 16.3 Å². The number of ether oxygens (including phenoxy) is 1. The second-order valence-corrected chi connectivity index (χ2v) is 4.84. The van der Waals surface area contributed by atoms with Crippen LogP contribution in [0.2, 0.25) is 5.15 Å². The van der Waals surface area contributed by atoms with Crippen LogP contribution in [0.5, 0.6) is 0 Å². The van der Waals surface area contributed by atoms with Gasteiger partial charge in [0, 0.05) is 26.3 Å². The fourth-order valence-electron chi connectivity index (χ4n) is 1.85. The van der Waals surface area contributed by atoms with Crippen molar-refractivity contribution >= 4 is 11.6 Å². The Hall–Kier alpha value is -0.580. The van der Waals surface area contributed by atoms with E-state index in [0.717, 1.165) is 42.5 Å². The van der Waals surface area contributed by atoms with E-state index in [9.17, 15) is 0 Å². The van der Waals surface area contributed by atoms with E-state index in [-0.39, 0.29) is 0 Å². The van der Waals surface area contributed by atoms with Crippen molar-refractivity contribution in [1.29, 1.82) is 0 Å². The summed E-state index contributed by atoms with van der Waals surface area (Å²) in [5, 5.41) is 8.43. The van der Waals surface area contributed by atoms with Gasteiger partial charge in [0.25, 0.3) is 0 Å². The molecule has 17 heavy (non-hydrogen) atoms. The number of nitrogens with one attached hydrogen (secondary N) is 1. The van der Waals surface area contributed by atoms with Crippen molar-refractivity contribution in [3.05, 3.63) is 16.4 Å². The van der Waals surface area contributed by atoms with Crippen molar-refractivity contribution < 1.29 is 4.74 Å². The maximum atomic E-state index is 6.20. The van der Waals surface area contributed by atoms with E-state index in [1.807, 2.05) is 14.0 Å². The largest absolute Gasteiger partial charge is 0.383 e. The predicted molar refractivity (Wildman–Crippen MR) is 70.6 cm³/mol. The van der Waals surface area contributed by atoms with Crippen LogP contribution in [0.15, 0.2) is 0 Å². The number of aryl methyl sites for hydroxylation is 2. The Kier molecular flexibility index (Phi) is 5.95. The van der Waals surface area contributed by atoms with Gasteiger partial charge in [-0.1, -0.05) is 18.5 Å². The van der Waals surface area contributed by atoms with E-state index in [0.29, 0.717) is 5.92 Å². The second-order valence-electron chi connectivity index (χ2n) is 4.48. The lowest BCUT2D eigenvalue weighted by molar-refractivity contribution is 0.198. The van der Waals surface area contributed by atoms with E-state index >= 15 is 0 Å². The zero-order valence-electron chi connectivity index (χ0n) is 11.1. The van der Waals surface area contributed by atoms with Gasteiger partial charge < -0.3 is 10.1 Å². The third-order valence-corrected chi connectivity index (χ3v) is 3.27. The van der Waals surface area contributed by atoms with E-state index in [1.165, 1.54) is 0 Å². The molecule has 0 aliphatic carbocycles. The summed E-state index contributed by atoms with van der Waals surface area (Å²) in [6.45, 7) is 6.82. The van der Waals surface area contributed by atoms with Crippen molar-refractivity contribution in [2.45, 2.75) is 20.3 Å².